The van der Waals surface area contributed by atoms with Gasteiger partial charge < -0.3 is 0 Å². The van der Waals surface area contributed by atoms with E-state index >= 15 is 0 Å². The summed E-state index contributed by atoms with van der Waals surface area (Å²) >= 11 is 0. The molecule has 0 aliphatic heterocycles. The second kappa shape index (κ2) is 4.10. The lowest BCUT2D eigenvalue weighted by molar-refractivity contribution is 0.714. The Morgan fingerprint density at radius 3 is 3.00 bits per heavy atom. The summed E-state index contributed by atoms with van der Waals surface area (Å²) in [5.41, 5.74) is 2.51. The van der Waals surface area contributed by atoms with E-state index < -0.39 is 0 Å². The first-order valence-corrected chi connectivity index (χ1v) is 4.43. The van der Waals surface area contributed by atoms with Crippen molar-refractivity contribution in [2.45, 2.75) is 20.3 Å². The van der Waals surface area contributed by atoms with E-state index in [1.165, 1.54) is 5.57 Å². The van der Waals surface area contributed by atoms with E-state index in [0.717, 1.165) is 12.0 Å². The molecule has 0 radical (unpaired) electrons. The van der Waals surface area contributed by atoms with Crippen LogP contribution in [0.2, 0.25) is 0 Å². The van der Waals surface area contributed by atoms with E-state index in [-0.39, 0.29) is 0 Å². The molecule has 0 aromatic carbocycles. The molecule has 0 spiro atoms. The van der Waals surface area contributed by atoms with Crippen molar-refractivity contribution in [2.75, 3.05) is 0 Å². The zero-order chi connectivity index (χ0) is 8.97. The smallest absolute Gasteiger partial charge is 0.0212 e. The number of allylic oxidation sites excluding steroid dienone is 7. The molecule has 1 rings (SSSR count). The Kier molecular flexibility index (Phi) is 3.09. The summed E-state index contributed by atoms with van der Waals surface area (Å²) in [6.07, 6.45) is 11.7. The number of hydrogen-bond donors (Lipinski definition) is 0. The van der Waals surface area contributed by atoms with Gasteiger partial charge in [-0.05, 0) is 30.4 Å². The lowest BCUT2D eigenvalue weighted by Crippen LogP contribution is -1.98. The van der Waals surface area contributed by atoms with Crippen LogP contribution in [0.5, 0.6) is 0 Å². The van der Waals surface area contributed by atoms with Crippen molar-refractivity contribution in [1.29, 1.82) is 0 Å². The fraction of sp³-hybridized carbons (Fsp3) is 0.333. The van der Waals surface area contributed by atoms with Gasteiger partial charge in [-0.25, -0.2) is 0 Å². The van der Waals surface area contributed by atoms with Crippen LogP contribution in [-0.2, 0) is 0 Å². The third-order valence-corrected chi connectivity index (χ3v) is 2.06. The Labute approximate surface area is 75.0 Å². The molecule has 64 valence electrons. The van der Waals surface area contributed by atoms with Gasteiger partial charge in [-0.3, -0.25) is 0 Å². The predicted molar refractivity (Wildman–Crippen MR) is 55.0 cm³/mol. The van der Waals surface area contributed by atoms with Crippen molar-refractivity contribution in [1.82, 2.24) is 0 Å². The van der Waals surface area contributed by atoms with Crippen molar-refractivity contribution in [3.63, 3.8) is 0 Å². The minimum Gasteiger partial charge on any atom is -0.0915 e. The molecule has 0 heterocycles. The van der Waals surface area contributed by atoms with Crippen LogP contribution in [0.4, 0.5) is 0 Å². The summed E-state index contributed by atoms with van der Waals surface area (Å²) in [7, 11) is 0. The third-order valence-electron chi connectivity index (χ3n) is 2.06. The Hall–Kier alpha value is -1.04. The summed E-state index contributed by atoms with van der Waals surface area (Å²) in [4.78, 5) is 0. The van der Waals surface area contributed by atoms with Gasteiger partial charge in [0.1, 0.15) is 0 Å². The van der Waals surface area contributed by atoms with E-state index in [1.807, 2.05) is 13.0 Å². The highest BCUT2D eigenvalue weighted by atomic mass is 14.1. The SMILES string of the molecule is C=C(/C=C\C)C1=CC=CC(C)C1. The molecular formula is C12H16. The van der Waals surface area contributed by atoms with E-state index in [0.29, 0.717) is 5.92 Å². The molecule has 1 atom stereocenters. The fourth-order valence-electron chi connectivity index (χ4n) is 1.39. The van der Waals surface area contributed by atoms with Gasteiger partial charge in [0.15, 0.2) is 0 Å². The molecule has 0 saturated heterocycles. The first-order chi connectivity index (χ1) is 5.74. The van der Waals surface area contributed by atoms with E-state index in [9.17, 15) is 0 Å². The predicted octanol–water partition coefficient (Wildman–Crippen LogP) is 3.64. The van der Waals surface area contributed by atoms with Crippen LogP contribution in [0.1, 0.15) is 20.3 Å². The topological polar surface area (TPSA) is 0 Å². The molecule has 1 aliphatic rings. The largest absolute Gasteiger partial charge is 0.0915 e. The summed E-state index contributed by atoms with van der Waals surface area (Å²) in [6, 6.07) is 0. The lowest BCUT2D eigenvalue weighted by atomic mass is 9.91. The molecule has 0 nitrogen and oxygen atoms in total. The highest BCUT2D eigenvalue weighted by molar-refractivity contribution is 5.41. The van der Waals surface area contributed by atoms with Crippen LogP contribution in [-0.4, -0.2) is 0 Å². The molecule has 1 aliphatic carbocycles. The Bertz CT molecular complexity index is 251. The summed E-state index contributed by atoms with van der Waals surface area (Å²) in [6.45, 7) is 8.26. The zero-order valence-corrected chi connectivity index (χ0v) is 7.88. The molecule has 0 N–H and O–H groups in total. The van der Waals surface area contributed by atoms with E-state index in [1.54, 1.807) is 0 Å². The maximum Gasteiger partial charge on any atom is -0.0212 e. The Morgan fingerprint density at radius 1 is 1.67 bits per heavy atom. The van der Waals surface area contributed by atoms with Gasteiger partial charge in [-0.1, -0.05) is 43.9 Å². The van der Waals surface area contributed by atoms with Crippen LogP contribution in [0.25, 0.3) is 0 Å². The molecular weight excluding hydrogens is 144 g/mol. The minimum atomic E-state index is 0.659. The van der Waals surface area contributed by atoms with Gasteiger partial charge in [-0.15, -0.1) is 0 Å². The van der Waals surface area contributed by atoms with Crippen LogP contribution in [0.3, 0.4) is 0 Å². The van der Waals surface area contributed by atoms with Gasteiger partial charge in [0.2, 0.25) is 0 Å². The number of rotatable bonds is 2. The van der Waals surface area contributed by atoms with Crippen LogP contribution < -0.4 is 0 Å². The molecule has 0 saturated carbocycles. The van der Waals surface area contributed by atoms with Gasteiger partial charge in [0, 0.05) is 0 Å². The van der Waals surface area contributed by atoms with Crippen molar-refractivity contribution < 1.29 is 0 Å². The van der Waals surface area contributed by atoms with E-state index in [2.05, 4.69) is 37.8 Å². The molecule has 0 fully saturated rings. The summed E-state index contributed by atoms with van der Waals surface area (Å²) in [5, 5.41) is 0. The highest BCUT2D eigenvalue weighted by Gasteiger charge is 2.06. The maximum absolute atomic E-state index is 4.01. The summed E-state index contributed by atoms with van der Waals surface area (Å²) < 4.78 is 0. The molecule has 1 unspecified atom stereocenters. The third kappa shape index (κ3) is 2.23. The Morgan fingerprint density at radius 2 is 2.42 bits per heavy atom. The van der Waals surface area contributed by atoms with Crippen molar-refractivity contribution >= 4 is 0 Å². The second-order valence-electron chi connectivity index (χ2n) is 3.28. The second-order valence-corrected chi connectivity index (χ2v) is 3.28. The van der Waals surface area contributed by atoms with Gasteiger partial charge >= 0.3 is 0 Å². The van der Waals surface area contributed by atoms with Gasteiger partial charge in [0.05, 0.1) is 0 Å². The molecule has 0 aromatic rings. The Balaban J connectivity index is 2.70. The van der Waals surface area contributed by atoms with E-state index in [4.69, 9.17) is 0 Å². The average Bonchev–Trinajstić information content (AvgIpc) is 2.05. The zero-order valence-electron chi connectivity index (χ0n) is 7.88. The van der Waals surface area contributed by atoms with Crippen LogP contribution in [0, 0.1) is 5.92 Å². The van der Waals surface area contributed by atoms with Crippen molar-refractivity contribution in [3.8, 4) is 0 Å². The lowest BCUT2D eigenvalue weighted by Gasteiger charge is -2.14. The van der Waals surface area contributed by atoms with Crippen LogP contribution >= 0.6 is 0 Å². The molecule has 0 amide bonds. The average molecular weight is 160 g/mol. The van der Waals surface area contributed by atoms with Crippen LogP contribution in [0.15, 0.2) is 48.1 Å². The molecule has 0 heteroatoms. The minimum absolute atomic E-state index is 0.659. The monoisotopic (exact) mass is 160 g/mol. The first kappa shape index (κ1) is 9.05. The summed E-state index contributed by atoms with van der Waals surface area (Å²) in [5.74, 6) is 0.659. The van der Waals surface area contributed by atoms with Crippen molar-refractivity contribution in [2.24, 2.45) is 5.92 Å². The molecule has 0 bridgehead atoms. The molecule has 0 aromatic heterocycles. The first-order valence-electron chi connectivity index (χ1n) is 4.43. The fourth-order valence-corrected chi connectivity index (χ4v) is 1.39. The van der Waals surface area contributed by atoms with Crippen molar-refractivity contribution in [3.05, 3.63) is 48.1 Å². The maximum atomic E-state index is 4.01. The normalized spacial score (nSPS) is 22.8. The van der Waals surface area contributed by atoms with Gasteiger partial charge in [0.25, 0.3) is 0 Å². The number of hydrogen-bond acceptors (Lipinski definition) is 0. The highest BCUT2D eigenvalue weighted by Crippen LogP contribution is 2.23. The van der Waals surface area contributed by atoms with Gasteiger partial charge in [-0.2, -0.15) is 0 Å². The standard InChI is InChI=1S/C12H16/c1-4-6-11(3)12-8-5-7-10(2)9-12/h4-8,10H,3,9H2,1-2H3/b6-4-. The quantitative estimate of drug-likeness (QED) is 0.541. The molecule has 12 heavy (non-hydrogen) atoms.